The average Bonchev–Trinajstić information content (AvgIpc) is 3.15. The Hall–Kier alpha value is -2.92. The summed E-state index contributed by atoms with van der Waals surface area (Å²) in [5.41, 5.74) is 6.96. The van der Waals surface area contributed by atoms with Crippen LogP contribution in [0.3, 0.4) is 0 Å². The number of nitrogens with zero attached hydrogens (tertiary/aromatic N) is 1. The molecule has 29 heavy (non-hydrogen) atoms. The summed E-state index contributed by atoms with van der Waals surface area (Å²) in [5.74, 6) is -0.909. The fourth-order valence-electron chi connectivity index (χ4n) is 3.37. The lowest BCUT2D eigenvalue weighted by atomic mass is 10.0. The minimum atomic E-state index is -3.73. The number of primary amides is 1. The molecule has 8 nitrogen and oxygen atoms in total. The highest BCUT2D eigenvalue weighted by molar-refractivity contribution is 7.17. The molecule has 0 radical (unpaired) electrons. The van der Waals surface area contributed by atoms with Gasteiger partial charge in [0.1, 0.15) is 5.00 Å². The number of fused-ring (bicyclic) bond motifs is 2. The minimum absolute atomic E-state index is 0.122. The maximum Gasteiger partial charge on any atom is 0.586 e. The number of urea groups is 1. The van der Waals surface area contributed by atoms with Gasteiger partial charge in [-0.3, -0.25) is 15.0 Å². The van der Waals surface area contributed by atoms with Gasteiger partial charge in [0.15, 0.2) is 11.5 Å². The zero-order chi connectivity index (χ0) is 20.8. The molecule has 1 aromatic heterocycles. The predicted molar refractivity (Wildman–Crippen MR) is 103 cm³/mol. The Labute approximate surface area is 168 Å². The number of amides is 3. The van der Waals surface area contributed by atoms with Crippen molar-refractivity contribution >= 4 is 34.0 Å². The van der Waals surface area contributed by atoms with Crippen molar-refractivity contribution in [3.05, 3.63) is 34.2 Å². The molecule has 0 unspecified atom stereocenters. The van der Waals surface area contributed by atoms with Crippen LogP contribution in [0, 0.1) is 0 Å². The number of carbonyl (C=O) groups excluding carboxylic acids is 2. The van der Waals surface area contributed by atoms with Gasteiger partial charge in [-0.1, -0.05) is 6.92 Å². The van der Waals surface area contributed by atoms with E-state index >= 15 is 0 Å². The van der Waals surface area contributed by atoms with Crippen LogP contribution in [0.5, 0.6) is 11.5 Å². The average molecular weight is 424 g/mol. The van der Waals surface area contributed by atoms with Crippen molar-refractivity contribution in [3.8, 4) is 11.5 Å². The largest absolute Gasteiger partial charge is 0.586 e. The van der Waals surface area contributed by atoms with E-state index in [9.17, 15) is 18.4 Å². The Kier molecular flexibility index (Phi) is 4.79. The SMILES string of the molecule is CCN1CCc2c(sc(NC(=O)Nc3ccc4c(c3)OC(F)(F)O4)c2C(N)=O)C1. The highest BCUT2D eigenvalue weighted by atomic mass is 32.1. The molecule has 0 fully saturated rings. The molecular formula is C18H18F2N4O4S. The number of ether oxygens (including phenoxy) is 2. The second kappa shape index (κ2) is 7.16. The Morgan fingerprint density at radius 3 is 2.76 bits per heavy atom. The van der Waals surface area contributed by atoms with Crippen molar-refractivity contribution in [2.75, 3.05) is 23.7 Å². The Morgan fingerprint density at radius 1 is 1.28 bits per heavy atom. The molecule has 1 aromatic carbocycles. The van der Waals surface area contributed by atoms with Gasteiger partial charge in [0.05, 0.1) is 5.56 Å². The second-order valence-corrected chi connectivity index (χ2v) is 7.70. The standard InChI is InChI=1S/C18H18F2N4O4S/c1-2-24-6-5-10-13(8-24)29-16(14(10)15(21)25)23-17(26)22-9-3-4-11-12(7-9)28-18(19,20)27-11/h3-4,7H,2,5-6,8H2,1H3,(H2,21,25)(H2,22,23,26). The van der Waals surface area contributed by atoms with E-state index in [2.05, 4.69) is 31.9 Å². The van der Waals surface area contributed by atoms with Crippen LogP contribution in [-0.4, -0.2) is 36.2 Å². The number of carbonyl (C=O) groups is 2. The summed E-state index contributed by atoms with van der Waals surface area (Å²) in [4.78, 5) is 27.6. The Morgan fingerprint density at radius 2 is 2.03 bits per heavy atom. The molecule has 0 aliphatic carbocycles. The molecule has 0 saturated carbocycles. The van der Waals surface area contributed by atoms with Gasteiger partial charge in [-0.25, -0.2) is 4.79 Å². The summed E-state index contributed by atoms with van der Waals surface area (Å²) in [7, 11) is 0. The number of rotatable bonds is 4. The summed E-state index contributed by atoms with van der Waals surface area (Å²) in [6, 6.07) is 3.26. The maximum atomic E-state index is 13.1. The van der Waals surface area contributed by atoms with Crippen molar-refractivity contribution in [2.45, 2.75) is 26.2 Å². The highest BCUT2D eigenvalue weighted by Crippen LogP contribution is 2.42. The van der Waals surface area contributed by atoms with E-state index in [1.54, 1.807) is 0 Å². The number of alkyl halides is 2. The van der Waals surface area contributed by atoms with Gasteiger partial charge in [0.2, 0.25) is 0 Å². The van der Waals surface area contributed by atoms with Crippen molar-refractivity contribution < 1.29 is 27.8 Å². The Bertz CT molecular complexity index is 994. The highest BCUT2D eigenvalue weighted by Gasteiger charge is 2.43. The lowest BCUT2D eigenvalue weighted by Gasteiger charge is -2.25. The van der Waals surface area contributed by atoms with E-state index < -0.39 is 18.2 Å². The van der Waals surface area contributed by atoms with Crippen LogP contribution in [0.4, 0.5) is 24.3 Å². The first-order chi connectivity index (χ1) is 13.8. The van der Waals surface area contributed by atoms with Crippen molar-refractivity contribution in [1.29, 1.82) is 0 Å². The van der Waals surface area contributed by atoms with Crippen LogP contribution >= 0.6 is 11.3 Å². The molecule has 2 aliphatic rings. The molecule has 11 heteroatoms. The molecule has 0 atom stereocenters. The number of benzene rings is 1. The molecule has 3 amide bonds. The molecule has 2 aliphatic heterocycles. The number of halogens is 2. The van der Waals surface area contributed by atoms with Gasteiger partial charge in [-0.05, 0) is 30.7 Å². The van der Waals surface area contributed by atoms with Crippen molar-refractivity contribution in [3.63, 3.8) is 0 Å². The Balaban J connectivity index is 1.51. The number of anilines is 2. The van der Waals surface area contributed by atoms with E-state index in [0.29, 0.717) is 23.5 Å². The third-order valence-electron chi connectivity index (χ3n) is 4.72. The van der Waals surface area contributed by atoms with Gasteiger partial charge in [-0.15, -0.1) is 20.1 Å². The molecule has 4 rings (SSSR count). The third kappa shape index (κ3) is 3.83. The molecule has 4 N–H and O–H groups in total. The van der Waals surface area contributed by atoms with Gasteiger partial charge in [-0.2, -0.15) is 0 Å². The van der Waals surface area contributed by atoms with E-state index in [0.717, 1.165) is 23.5 Å². The summed E-state index contributed by atoms with van der Waals surface area (Å²) < 4.78 is 34.9. The fourth-order valence-corrected chi connectivity index (χ4v) is 4.66. The lowest BCUT2D eigenvalue weighted by molar-refractivity contribution is -0.286. The topological polar surface area (TPSA) is 106 Å². The van der Waals surface area contributed by atoms with Crippen LogP contribution in [0.15, 0.2) is 18.2 Å². The van der Waals surface area contributed by atoms with Crippen molar-refractivity contribution in [1.82, 2.24) is 4.90 Å². The molecule has 2 aromatic rings. The number of nitrogens with two attached hydrogens (primary N) is 1. The van der Waals surface area contributed by atoms with Crippen LogP contribution < -0.4 is 25.8 Å². The molecule has 0 spiro atoms. The van der Waals surface area contributed by atoms with Crippen LogP contribution in [-0.2, 0) is 13.0 Å². The van der Waals surface area contributed by atoms with Crippen LogP contribution in [0.1, 0.15) is 27.7 Å². The monoisotopic (exact) mass is 424 g/mol. The van der Waals surface area contributed by atoms with Gasteiger partial charge in [0.25, 0.3) is 5.91 Å². The van der Waals surface area contributed by atoms with Crippen LogP contribution in [0.25, 0.3) is 0 Å². The number of thiophene rings is 1. The summed E-state index contributed by atoms with van der Waals surface area (Å²) >= 11 is 1.31. The fraction of sp³-hybridized carbons (Fsp3) is 0.333. The molecule has 0 bridgehead atoms. The molecule has 3 heterocycles. The number of nitrogens with one attached hydrogen (secondary N) is 2. The normalized spacial score (nSPS) is 16.9. The minimum Gasteiger partial charge on any atom is -0.395 e. The van der Waals surface area contributed by atoms with Gasteiger partial charge in [0, 0.05) is 29.7 Å². The number of likely N-dealkylation sites (N-methyl/N-ethyl adjacent to an activating group) is 1. The molecule has 0 saturated heterocycles. The van der Waals surface area contributed by atoms with E-state index in [1.807, 2.05) is 0 Å². The molecule has 154 valence electrons. The maximum absolute atomic E-state index is 13.1. The first kappa shape index (κ1) is 19.4. The van der Waals surface area contributed by atoms with Gasteiger partial charge >= 0.3 is 12.3 Å². The first-order valence-electron chi connectivity index (χ1n) is 8.90. The predicted octanol–water partition coefficient (Wildman–Crippen LogP) is 3.19. The second-order valence-electron chi connectivity index (χ2n) is 6.60. The summed E-state index contributed by atoms with van der Waals surface area (Å²) in [6.07, 6.45) is -3.06. The number of hydrogen-bond donors (Lipinski definition) is 3. The summed E-state index contributed by atoms with van der Waals surface area (Å²) in [5, 5.41) is 5.54. The molecular weight excluding hydrogens is 406 g/mol. The quantitative estimate of drug-likeness (QED) is 0.699. The third-order valence-corrected chi connectivity index (χ3v) is 5.85. The zero-order valence-electron chi connectivity index (χ0n) is 15.4. The van der Waals surface area contributed by atoms with E-state index in [1.165, 1.54) is 29.5 Å². The van der Waals surface area contributed by atoms with Crippen molar-refractivity contribution in [2.24, 2.45) is 5.73 Å². The smallest absolute Gasteiger partial charge is 0.395 e. The first-order valence-corrected chi connectivity index (χ1v) is 9.72. The number of hydrogen-bond acceptors (Lipinski definition) is 6. The van der Waals surface area contributed by atoms with E-state index in [-0.39, 0.29) is 17.2 Å². The van der Waals surface area contributed by atoms with Crippen LogP contribution in [0.2, 0.25) is 0 Å². The van der Waals surface area contributed by atoms with E-state index in [4.69, 9.17) is 5.73 Å². The lowest BCUT2D eigenvalue weighted by Crippen LogP contribution is -2.30. The summed E-state index contributed by atoms with van der Waals surface area (Å²) in [6.45, 7) is 4.45. The zero-order valence-corrected chi connectivity index (χ0v) is 16.2. The van der Waals surface area contributed by atoms with Gasteiger partial charge < -0.3 is 20.5 Å².